The molecule has 122 valence electrons. The Labute approximate surface area is 150 Å². The average molecular weight is 383 g/mol. The van der Waals surface area contributed by atoms with Crippen LogP contribution in [0.2, 0.25) is 0 Å². The maximum Gasteiger partial charge on any atom is 0.252 e. The van der Waals surface area contributed by atoms with Gasteiger partial charge in [0.25, 0.3) is 5.91 Å². The first kappa shape index (κ1) is 16.7. The van der Waals surface area contributed by atoms with E-state index in [1.54, 1.807) is 0 Å². The molecule has 1 heterocycles. The van der Waals surface area contributed by atoms with E-state index in [9.17, 15) is 4.79 Å². The number of nitrogens with zero attached hydrogens (tertiary/aromatic N) is 1. The van der Waals surface area contributed by atoms with Crippen LogP contribution in [0.3, 0.4) is 0 Å². The van der Waals surface area contributed by atoms with Crippen molar-refractivity contribution in [1.29, 1.82) is 0 Å². The van der Waals surface area contributed by atoms with Gasteiger partial charge in [0.2, 0.25) is 0 Å². The van der Waals surface area contributed by atoms with Crippen molar-refractivity contribution >= 4 is 32.7 Å². The van der Waals surface area contributed by atoms with Gasteiger partial charge < -0.3 is 5.32 Å². The Morgan fingerprint density at radius 2 is 1.79 bits per heavy atom. The second kappa shape index (κ2) is 6.36. The SMILES string of the molecule is CC(C)(C)NC(=O)c1cc(-c2cccc(Br)c2)nc2ccccc12. The number of nitrogens with one attached hydrogen (secondary N) is 1. The molecule has 1 amide bonds. The third-order valence-electron chi connectivity index (χ3n) is 3.57. The summed E-state index contributed by atoms with van der Waals surface area (Å²) in [5.41, 5.74) is 2.92. The van der Waals surface area contributed by atoms with Crippen molar-refractivity contribution < 1.29 is 4.79 Å². The first-order chi connectivity index (χ1) is 11.3. The van der Waals surface area contributed by atoms with Gasteiger partial charge in [-0.25, -0.2) is 4.98 Å². The van der Waals surface area contributed by atoms with Crippen LogP contribution in [-0.2, 0) is 0 Å². The normalized spacial score (nSPS) is 11.5. The van der Waals surface area contributed by atoms with Crippen LogP contribution in [-0.4, -0.2) is 16.4 Å². The number of amides is 1. The van der Waals surface area contributed by atoms with E-state index in [1.165, 1.54) is 0 Å². The van der Waals surface area contributed by atoms with Crippen molar-refractivity contribution in [2.24, 2.45) is 0 Å². The average Bonchev–Trinajstić information content (AvgIpc) is 2.52. The molecule has 0 fully saturated rings. The summed E-state index contributed by atoms with van der Waals surface area (Å²) in [6, 6.07) is 17.5. The van der Waals surface area contributed by atoms with Crippen molar-refractivity contribution in [2.75, 3.05) is 0 Å². The molecule has 3 aromatic rings. The van der Waals surface area contributed by atoms with Crippen molar-refractivity contribution in [1.82, 2.24) is 10.3 Å². The van der Waals surface area contributed by atoms with E-state index in [0.717, 1.165) is 26.6 Å². The van der Waals surface area contributed by atoms with Gasteiger partial charge in [-0.1, -0.05) is 46.3 Å². The summed E-state index contributed by atoms with van der Waals surface area (Å²) in [7, 11) is 0. The van der Waals surface area contributed by atoms with E-state index >= 15 is 0 Å². The lowest BCUT2D eigenvalue weighted by atomic mass is 10.0. The van der Waals surface area contributed by atoms with Crippen LogP contribution in [0.5, 0.6) is 0 Å². The molecule has 0 saturated heterocycles. The molecule has 0 bridgehead atoms. The second-order valence-electron chi connectivity index (χ2n) is 6.79. The summed E-state index contributed by atoms with van der Waals surface area (Å²) >= 11 is 3.49. The van der Waals surface area contributed by atoms with Gasteiger partial charge >= 0.3 is 0 Å². The summed E-state index contributed by atoms with van der Waals surface area (Å²) in [6.07, 6.45) is 0. The molecule has 0 aliphatic heterocycles. The third kappa shape index (κ3) is 3.65. The molecule has 2 aromatic carbocycles. The number of carbonyl (C=O) groups excluding carboxylic acids is 1. The summed E-state index contributed by atoms with van der Waals surface area (Å²) in [6.45, 7) is 5.93. The number of para-hydroxylation sites is 1. The molecule has 4 heteroatoms. The van der Waals surface area contributed by atoms with E-state index in [2.05, 4.69) is 21.2 Å². The van der Waals surface area contributed by atoms with Crippen molar-refractivity contribution in [3.63, 3.8) is 0 Å². The zero-order chi connectivity index (χ0) is 17.3. The third-order valence-corrected chi connectivity index (χ3v) is 4.06. The number of rotatable bonds is 2. The Kier molecular flexibility index (Phi) is 4.41. The van der Waals surface area contributed by atoms with Gasteiger partial charge in [0.05, 0.1) is 16.8 Å². The summed E-state index contributed by atoms with van der Waals surface area (Å²) < 4.78 is 0.982. The van der Waals surface area contributed by atoms with Crippen LogP contribution < -0.4 is 5.32 Å². The highest BCUT2D eigenvalue weighted by atomic mass is 79.9. The van der Waals surface area contributed by atoms with Gasteiger partial charge in [0.1, 0.15) is 0 Å². The highest BCUT2D eigenvalue weighted by Crippen LogP contribution is 2.27. The molecule has 3 rings (SSSR count). The Hall–Kier alpha value is -2.20. The Morgan fingerprint density at radius 3 is 2.50 bits per heavy atom. The molecule has 0 atom stereocenters. The summed E-state index contributed by atoms with van der Waals surface area (Å²) in [5.74, 6) is -0.0858. The maximum absolute atomic E-state index is 12.8. The Balaban J connectivity index is 2.18. The lowest BCUT2D eigenvalue weighted by Gasteiger charge is -2.21. The molecule has 3 nitrogen and oxygen atoms in total. The number of pyridine rings is 1. The van der Waals surface area contributed by atoms with Gasteiger partial charge in [-0.05, 0) is 45.0 Å². The molecule has 1 aromatic heterocycles. The minimum atomic E-state index is -0.294. The predicted molar refractivity (Wildman–Crippen MR) is 102 cm³/mol. The van der Waals surface area contributed by atoms with Crippen LogP contribution in [0, 0.1) is 0 Å². The smallest absolute Gasteiger partial charge is 0.252 e. The molecule has 1 N–H and O–H groups in total. The summed E-state index contributed by atoms with van der Waals surface area (Å²) in [5, 5.41) is 3.90. The Morgan fingerprint density at radius 1 is 1.04 bits per heavy atom. The zero-order valence-electron chi connectivity index (χ0n) is 13.9. The molecule has 0 radical (unpaired) electrons. The molecule has 0 aliphatic carbocycles. The first-order valence-electron chi connectivity index (χ1n) is 7.82. The number of fused-ring (bicyclic) bond motifs is 1. The van der Waals surface area contributed by atoms with Crippen molar-refractivity contribution in [3.8, 4) is 11.3 Å². The predicted octanol–water partition coefficient (Wildman–Crippen LogP) is 5.19. The van der Waals surface area contributed by atoms with Crippen LogP contribution in [0.15, 0.2) is 59.1 Å². The standard InChI is InChI=1S/C20H19BrN2O/c1-20(2,3)23-19(24)16-12-18(13-7-6-8-14(21)11-13)22-17-10-5-4-9-15(16)17/h4-12H,1-3H3,(H,23,24). The molecule has 24 heavy (non-hydrogen) atoms. The lowest BCUT2D eigenvalue weighted by molar-refractivity contribution is 0.0921. The molecule has 0 saturated carbocycles. The Bertz CT molecular complexity index is 913. The van der Waals surface area contributed by atoms with Crippen molar-refractivity contribution in [3.05, 3.63) is 64.6 Å². The topological polar surface area (TPSA) is 42.0 Å². The number of aromatic nitrogens is 1. The maximum atomic E-state index is 12.8. The van der Waals surface area contributed by atoms with Crippen LogP contribution >= 0.6 is 15.9 Å². The van der Waals surface area contributed by atoms with E-state index < -0.39 is 0 Å². The number of halogens is 1. The van der Waals surface area contributed by atoms with Gasteiger partial charge in [-0.3, -0.25) is 4.79 Å². The van der Waals surface area contributed by atoms with E-state index in [-0.39, 0.29) is 11.4 Å². The number of benzene rings is 2. The highest BCUT2D eigenvalue weighted by molar-refractivity contribution is 9.10. The monoisotopic (exact) mass is 382 g/mol. The highest BCUT2D eigenvalue weighted by Gasteiger charge is 2.19. The quantitative estimate of drug-likeness (QED) is 0.662. The van der Waals surface area contributed by atoms with Gasteiger partial charge in [0, 0.05) is 21.0 Å². The number of hydrogen-bond donors (Lipinski definition) is 1. The lowest BCUT2D eigenvalue weighted by Crippen LogP contribution is -2.40. The first-order valence-corrected chi connectivity index (χ1v) is 8.61. The largest absolute Gasteiger partial charge is 0.347 e. The molecule has 0 aliphatic rings. The van der Waals surface area contributed by atoms with Gasteiger partial charge in [-0.2, -0.15) is 0 Å². The van der Waals surface area contributed by atoms with Gasteiger partial charge in [0.15, 0.2) is 0 Å². The van der Waals surface area contributed by atoms with E-state index in [4.69, 9.17) is 4.98 Å². The van der Waals surface area contributed by atoms with Crippen LogP contribution in [0.1, 0.15) is 31.1 Å². The van der Waals surface area contributed by atoms with Gasteiger partial charge in [-0.15, -0.1) is 0 Å². The minimum Gasteiger partial charge on any atom is -0.347 e. The molecule has 0 unspecified atom stereocenters. The second-order valence-corrected chi connectivity index (χ2v) is 7.70. The molecular formula is C20H19BrN2O. The summed E-state index contributed by atoms with van der Waals surface area (Å²) in [4.78, 5) is 17.5. The minimum absolute atomic E-state index is 0.0858. The van der Waals surface area contributed by atoms with E-state index in [0.29, 0.717) is 5.56 Å². The van der Waals surface area contributed by atoms with Crippen molar-refractivity contribution in [2.45, 2.75) is 26.3 Å². The van der Waals surface area contributed by atoms with Crippen LogP contribution in [0.25, 0.3) is 22.2 Å². The number of hydrogen-bond acceptors (Lipinski definition) is 2. The fourth-order valence-corrected chi connectivity index (χ4v) is 2.97. The fourth-order valence-electron chi connectivity index (χ4n) is 2.57. The molecule has 0 spiro atoms. The zero-order valence-corrected chi connectivity index (χ0v) is 15.5. The van der Waals surface area contributed by atoms with E-state index in [1.807, 2.05) is 75.4 Å². The number of carbonyl (C=O) groups is 1. The molecular weight excluding hydrogens is 364 g/mol. The fraction of sp³-hybridized carbons (Fsp3) is 0.200. The van der Waals surface area contributed by atoms with Crippen LogP contribution in [0.4, 0.5) is 0 Å².